The van der Waals surface area contributed by atoms with Crippen LogP contribution in [0.1, 0.15) is 22.4 Å². The lowest BCUT2D eigenvalue weighted by Crippen LogP contribution is -2.25. The van der Waals surface area contributed by atoms with Crippen molar-refractivity contribution in [1.82, 2.24) is 10.2 Å². The zero-order valence-electron chi connectivity index (χ0n) is 12.0. The molecule has 2 heterocycles. The summed E-state index contributed by atoms with van der Waals surface area (Å²) in [4.78, 5) is 1.93. The Labute approximate surface area is 135 Å². The number of aryl methyl sites for hydroxylation is 1. The van der Waals surface area contributed by atoms with Crippen LogP contribution in [0.5, 0.6) is 0 Å². The molecule has 0 radical (unpaired) electrons. The second-order valence-electron chi connectivity index (χ2n) is 4.71. The third-order valence-electron chi connectivity index (χ3n) is 3.20. The molecule has 0 aliphatic rings. The number of nitrogens with zero attached hydrogens (tertiary/aromatic N) is 4. The van der Waals surface area contributed by atoms with Gasteiger partial charge >= 0.3 is 0 Å². The molecule has 0 atom stereocenters. The molecule has 0 saturated carbocycles. The van der Waals surface area contributed by atoms with Crippen LogP contribution in [0.4, 0.5) is 5.82 Å². The van der Waals surface area contributed by atoms with Gasteiger partial charge in [0.2, 0.25) is 0 Å². The lowest BCUT2D eigenvalue weighted by Gasteiger charge is -2.21. The molecule has 8 heteroatoms. The van der Waals surface area contributed by atoms with Gasteiger partial charge in [-0.25, -0.2) is 0 Å². The Balaban J connectivity index is 2.40. The van der Waals surface area contributed by atoms with Crippen LogP contribution < -0.4 is 10.6 Å². The zero-order chi connectivity index (χ0) is 15.6. The second kappa shape index (κ2) is 6.40. The highest BCUT2D eigenvalue weighted by Crippen LogP contribution is 2.25. The second-order valence-corrected chi connectivity index (χ2v) is 7.00. The summed E-state index contributed by atoms with van der Waals surface area (Å²) in [5.41, 5.74) is 9.18. The topological polar surface area (TPSA) is 87.6 Å². The third-order valence-corrected chi connectivity index (χ3v) is 4.76. The molecule has 2 rings (SSSR count). The standard InChI is InChI=1S/C13H16BrN5OS/c1-7-8(2)16-17-13(11(7)12(15)18-20)19(3)5-9-4-10(14)21-6-9/h4,6,20H,5H2,1-3H3,(H2,15,18). The molecule has 3 N–H and O–H groups in total. The highest BCUT2D eigenvalue weighted by atomic mass is 79.9. The first-order chi connectivity index (χ1) is 9.93. The van der Waals surface area contributed by atoms with Gasteiger partial charge in [0.1, 0.15) is 0 Å². The van der Waals surface area contributed by atoms with Crippen molar-refractivity contribution < 1.29 is 5.21 Å². The van der Waals surface area contributed by atoms with E-state index in [0.717, 1.165) is 20.6 Å². The number of oxime groups is 1. The Morgan fingerprint density at radius 2 is 2.19 bits per heavy atom. The first-order valence-electron chi connectivity index (χ1n) is 6.19. The maximum absolute atomic E-state index is 8.99. The monoisotopic (exact) mass is 369 g/mol. The number of thiophene rings is 1. The van der Waals surface area contributed by atoms with E-state index >= 15 is 0 Å². The summed E-state index contributed by atoms with van der Waals surface area (Å²) in [5.74, 6) is 0.634. The van der Waals surface area contributed by atoms with Gasteiger partial charge in [-0.3, -0.25) is 0 Å². The molecular weight excluding hydrogens is 354 g/mol. The highest BCUT2D eigenvalue weighted by Gasteiger charge is 2.18. The van der Waals surface area contributed by atoms with Gasteiger partial charge < -0.3 is 15.8 Å². The maximum Gasteiger partial charge on any atom is 0.174 e. The lowest BCUT2D eigenvalue weighted by atomic mass is 10.1. The number of anilines is 1. The van der Waals surface area contributed by atoms with E-state index in [1.807, 2.05) is 25.8 Å². The Bertz CT molecular complexity index is 685. The van der Waals surface area contributed by atoms with Crippen LogP contribution in [-0.4, -0.2) is 28.3 Å². The van der Waals surface area contributed by atoms with E-state index in [0.29, 0.717) is 17.9 Å². The largest absolute Gasteiger partial charge is 0.409 e. The molecule has 0 unspecified atom stereocenters. The van der Waals surface area contributed by atoms with Gasteiger partial charge in [-0.2, -0.15) is 5.10 Å². The molecule has 0 bridgehead atoms. The van der Waals surface area contributed by atoms with E-state index in [-0.39, 0.29) is 5.84 Å². The van der Waals surface area contributed by atoms with E-state index in [1.165, 1.54) is 0 Å². The highest BCUT2D eigenvalue weighted by molar-refractivity contribution is 9.11. The number of hydrogen-bond acceptors (Lipinski definition) is 6. The van der Waals surface area contributed by atoms with Gasteiger partial charge in [-0.05, 0) is 52.4 Å². The molecule has 0 aromatic carbocycles. The van der Waals surface area contributed by atoms with E-state index < -0.39 is 0 Å². The summed E-state index contributed by atoms with van der Waals surface area (Å²) < 4.78 is 1.08. The van der Waals surface area contributed by atoms with Crippen molar-refractivity contribution in [1.29, 1.82) is 0 Å². The van der Waals surface area contributed by atoms with Crippen molar-refractivity contribution in [2.45, 2.75) is 20.4 Å². The number of halogens is 1. The maximum atomic E-state index is 8.99. The molecule has 0 saturated heterocycles. The first kappa shape index (κ1) is 15.7. The average Bonchev–Trinajstić information content (AvgIpc) is 2.85. The minimum atomic E-state index is 0.0406. The van der Waals surface area contributed by atoms with E-state index in [2.05, 4.69) is 42.7 Å². The first-order valence-corrected chi connectivity index (χ1v) is 7.87. The van der Waals surface area contributed by atoms with Crippen LogP contribution in [0.15, 0.2) is 20.4 Å². The quantitative estimate of drug-likeness (QED) is 0.374. The molecule has 2 aromatic heterocycles. The van der Waals surface area contributed by atoms with E-state index in [1.54, 1.807) is 11.3 Å². The average molecular weight is 370 g/mol. The fraction of sp³-hybridized carbons (Fsp3) is 0.308. The van der Waals surface area contributed by atoms with Gasteiger partial charge in [-0.1, -0.05) is 5.16 Å². The summed E-state index contributed by atoms with van der Waals surface area (Å²) in [6.45, 7) is 4.39. The number of hydrogen-bond donors (Lipinski definition) is 2. The number of aromatic nitrogens is 2. The fourth-order valence-corrected chi connectivity index (χ4v) is 3.20. The van der Waals surface area contributed by atoms with Crippen molar-refractivity contribution in [3.63, 3.8) is 0 Å². The fourth-order valence-electron chi connectivity index (χ4n) is 2.00. The van der Waals surface area contributed by atoms with Crippen LogP contribution in [0.25, 0.3) is 0 Å². The van der Waals surface area contributed by atoms with Crippen LogP contribution in [0.2, 0.25) is 0 Å². The number of rotatable bonds is 4. The Kier molecular flexibility index (Phi) is 4.79. The molecule has 21 heavy (non-hydrogen) atoms. The number of nitrogens with two attached hydrogens (primary N) is 1. The molecular formula is C13H16BrN5OS. The SMILES string of the molecule is Cc1nnc(N(C)Cc2csc(Br)c2)c(C(N)=NO)c1C. The molecule has 0 aliphatic heterocycles. The Hall–Kier alpha value is -1.67. The van der Waals surface area contributed by atoms with Gasteiger partial charge in [-0.15, -0.1) is 16.4 Å². The summed E-state index contributed by atoms with van der Waals surface area (Å²) in [6, 6.07) is 2.05. The summed E-state index contributed by atoms with van der Waals surface area (Å²) in [7, 11) is 1.90. The normalized spacial score (nSPS) is 11.7. The summed E-state index contributed by atoms with van der Waals surface area (Å²) in [5, 5.41) is 22.5. The summed E-state index contributed by atoms with van der Waals surface area (Å²) >= 11 is 5.08. The smallest absolute Gasteiger partial charge is 0.174 e. The Morgan fingerprint density at radius 3 is 2.76 bits per heavy atom. The molecule has 112 valence electrons. The van der Waals surface area contributed by atoms with Crippen molar-refractivity contribution in [2.75, 3.05) is 11.9 Å². The zero-order valence-corrected chi connectivity index (χ0v) is 14.4. The van der Waals surface area contributed by atoms with Crippen LogP contribution in [0, 0.1) is 13.8 Å². The minimum absolute atomic E-state index is 0.0406. The molecule has 2 aromatic rings. The van der Waals surface area contributed by atoms with Crippen molar-refractivity contribution in [2.24, 2.45) is 10.9 Å². The van der Waals surface area contributed by atoms with Gasteiger partial charge in [0.15, 0.2) is 11.7 Å². The van der Waals surface area contributed by atoms with Crippen LogP contribution in [0.3, 0.4) is 0 Å². The van der Waals surface area contributed by atoms with Crippen molar-refractivity contribution >= 4 is 38.9 Å². The molecule has 0 amide bonds. The van der Waals surface area contributed by atoms with E-state index in [4.69, 9.17) is 10.9 Å². The Morgan fingerprint density at radius 1 is 1.48 bits per heavy atom. The molecule has 0 fully saturated rings. The molecule has 6 nitrogen and oxygen atoms in total. The predicted molar refractivity (Wildman–Crippen MR) is 88.1 cm³/mol. The van der Waals surface area contributed by atoms with Crippen molar-refractivity contribution in [3.05, 3.63) is 37.6 Å². The van der Waals surface area contributed by atoms with Gasteiger partial charge in [0, 0.05) is 13.6 Å². The van der Waals surface area contributed by atoms with Crippen LogP contribution >= 0.6 is 27.3 Å². The molecule has 0 spiro atoms. The predicted octanol–water partition coefficient (Wildman–Crippen LogP) is 2.65. The molecule has 0 aliphatic carbocycles. The summed E-state index contributed by atoms with van der Waals surface area (Å²) in [6.07, 6.45) is 0. The third kappa shape index (κ3) is 3.33. The van der Waals surface area contributed by atoms with Crippen molar-refractivity contribution in [3.8, 4) is 0 Å². The van der Waals surface area contributed by atoms with E-state index in [9.17, 15) is 0 Å². The van der Waals surface area contributed by atoms with Gasteiger partial charge in [0.25, 0.3) is 0 Å². The lowest BCUT2D eigenvalue weighted by molar-refractivity contribution is 0.318. The number of amidine groups is 1. The van der Waals surface area contributed by atoms with Crippen LogP contribution in [-0.2, 0) is 6.54 Å². The van der Waals surface area contributed by atoms with Gasteiger partial charge in [0.05, 0.1) is 15.0 Å². The minimum Gasteiger partial charge on any atom is -0.409 e.